The van der Waals surface area contributed by atoms with Crippen molar-refractivity contribution in [1.82, 2.24) is 0 Å². The molecular weight excluding hydrogens is 262 g/mol. The Bertz CT molecular complexity index is 433. The van der Waals surface area contributed by atoms with Gasteiger partial charge >= 0.3 is 0 Å². The van der Waals surface area contributed by atoms with Crippen LogP contribution in [0.25, 0.3) is 0 Å². The molecule has 0 heterocycles. The second-order valence-electron chi connectivity index (χ2n) is 5.73. The van der Waals surface area contributed by atoms with Crippen molar-refractivity contribution in [2.24, 2.45) is 5.92 Å². The molecule has 3 heteroatoms. The Labute approximate surface area is 129 Å². The van der Waals surface area contributed by atoms with Crippen molar-refractivity contribution < 1.29 is 9.47 Å². The monoisotopic (exact) mass is 291 g/mol. The lowest BCUT2D eigenvalue weighted by atomic mass is 9.83. The van der Waals surface area contributed by atoms with E-state index in [2.05, 4.69) is 18.3 Å². The summed E-state index contributed by atoms with van der Waals surface area (Å²) in [4.78, 5) is 0. The van der Waals surface area contributed by atoms with E-state index < -0.39 is 0 Å². The van der Waals surface area contributed by atoms with E-state index in [0.29, 0.717) is 19.3 Å². The minimum absolute atomic E-state index is 0.555. The van der Waals surface area contributed by atoms with Gasteiger partial charge in [-0.15, -0.1) is 0 Å². The highest BCUT2D eigenvalue weighted by Crippen LogP contribution is 2.34. The van der Waals surface area contributed by atoms with E-state index in [4.69, 9.17) is 9.47 Å². The molecule has 3 nitrogen and oxygen atoms in total. The molecule has 1 aromatic carbocycles. The Morgan fingerprint density at radius 2 is 1.81 bits per heavy atom. The summed E-state index contributed by atoms with van der Waals surface area (Å²) in [5, 5.41) is 3.73. The molecule has 0 saturated heterocycles. The number of benzene rings is 1. The summed E-state index contributed by atoms with van der Waals surface area (Å²) in [6.45, 7) is 7.71. The molecule has 0 aliphatic heterocycles. The standard InChI is InChI=1S/C18H29NO2/c1-4-14-9-7-8-10-16(14)19-17-13-15(20-5-2)11-12-18(17)21-6-3/h11-14,16,19H,4-10H2,1-3H3. The zero-order valence-corrected chi connectivity index (χ0v) is 13.7. The van der Waals surface area contributed by atoms with Crippen molar-refractivity contribution in [3.63, 3.8) is 0 Å². The molecule has 1 fully saturated rings. The van der Waals surface area contributed by atoms with Crippen LogP contribution in [0.5, 0.6) is 11.5 Å². The van der Waals surface area contributed by atoms with Gasteiger partial charge in [0.1, 0.15) is 11.5 Å². The molecule has 118 valence electrons. The van der Waals surface area contributed by atoms with Gasteiger partial charge in [0.05, 0.1) is 18.9 Å². The van der Waals surface area contributed by atoms with Crippen LogP contribution < -0.4 is 14.8 Å². The van der Waals surface area contributed by atoms with Gasteiger partial charge in [0.2, 0.25) is 0 Å². The number of hydrogen-bond acceptors (Lipinski definition) is 3. The SMILES string of the molecule is CCOc1ccc(OCC)c(NC2CCCCC2CC)c1. The minimum atomic E-state index is 0.555. The molecule has 1 aromatic rings. The number of anilines is 1. The van der Waals surface area contributed by atoms with Gasteiger partial charge in [0.25, 0.3) is 0 Å². The number of ether oxygens (including phenoxy) is 2. The molecule has 2 rings (SSSR count). The maximum atomic E-state index is 5.76. The Hall–Kier alpha value is -1.38. The van der Waals surface area contributed by atoms with E-state index in [-0.39, 0.29) is 0 Å². The summed E-state index contributed by atoms with van der Waals surface area (Å²) >= 11 is 0. The summed E-state index contributed by atoms with van der Waals surface area (Å²) in [5.41, 5.74) is 1.08. The molecule has 0 aromatic heterocycles. The summed E-state index contributed by atoms with van der Waals surface area (Å²) in [6.07, 6.45) is 6.52. The lowest BCUT2D eigenvalue weighted by Gasteiger charge is -2.32. The molecule has 21 heavy (non-hydrogen) atoms. The predicted octanol–water partition coefficient (Wildman–Crippen LogP) is 4.86. The second kappa shape index (κ2) is 8.16. The molecule has 1 aliphatic rings. The van der Waals surface area contributed by atoms with Crippen LogP contribution in [0.1, 0.15) is 52.9 Å². The first kappa shape index (κ1) is 16.0. The number of nitrogens with one attached hydrogen (secondary N) is 1. The van der Waals surface area contributed by atoms with Gasteiger partial charge in [-0.2, -0.15) is 0 Å². The van der Waals surface area contributed by atoms with Gasteiger partial charge in [-0.1, -0.05) is 26.2 Å². The third-order valence-electron chi connectivity index (χ3n) is 4.34. The fourth-order valence-corrected chi connectivity index (χ4v) is 3.25. The Balaban J connectivity index is 2.16. The van der Waals surface area contributed by atoms with Crippen LogP contribution in [0.3, 0.4) is 0 Å². The van der Waals surface area contributed by atoms with Crippen LogP contribution in [-0.4, -0.2) is 19.3 Å². The Kier molecular flexibility index (Phi) is 6.21. The summed E-state index contributed by atoms with van der Waals surface area (Å²) in [6, 6.07) is 6.63. The molecule has 2 unspecified atom stereocenters. The lowest BCUT2D eigenvalue weighted by Crippen LogP contribution is -2.32. The van der Waals surface area contributed by atoms with Crippen molar-refractivity contribution in [2.75, 3.05) is 18.5 Å². The first-order valence-corrected chi connectivity index (χ1v) is 8.44. The van der Waals surface area contributed by atoms with E-state index in [1.54, 1.807) is 0 Å². The normalized spacial score (nSPS) is 21.9. The molecule has 2 atom stereocenters. The third kappa shape index (κ3) is 4.29. The quantitative estimate of drug-likeness (QED) is 0.778. The predicted molar refractivity (Wildman–Crippen MR) is 88.4 cm³/mol. The fourth-order valence-electron chi connectivity index (χ4n) is 3.25. The first-order valence-electron chi connectivity index (χ1n) is 8.44. The van der Waals surface area contributed by atoms with E-state index in [0.717, 1.165) is 23.1 Å². The van der Waals surface area contributed by atoms with Crippen LogP contribution in [0.15, 0.2) is 18.2 Å². The molecule has 0 radical (unpaired) electrons. The van der Waals surface area contributed by atoms with Gasteiger partial charge < -0.3 is 14.8 Å². The first-order chi connectivity index (χ1) is 10.3. The highest BCUT2D eigenvalue weighted by molar-refractivity contribution is 5.60. The van der Waals surface area contributed by atoms with Crippen molar-refractivity contribution in [2.45, 2.75) is 58.9 Å². The maximum Gasteiger partial charge on any atom is 0.142 e. The van der Waals surface area contributed by atoms with E-state index in [9.17, 15) is 0 Å². The molecule has 1 aliphatic carbocycles. The topological polar surface area (TPSA) is 30.5 Å². The average Bonchev–Trinajstić information content (AvgIpc) is 2.51. The van der Waals surface area contributed by atoms with Gasteiger partial charge in [-0.25, -0.2) is 0 Å². The van der Waals surface area contributed by atoms with Crippen molar-refractivity contribution in [1.29, 1.82) is 0 Å². The lowest BCUT2D eigenvalue weighted by molar-refractivity contribution is 0.312. The molecular formula is C18H29NO2. The van der Waals surface area contributed by atoms with Gasteiger partial charge in [0, 0.05) is 12.1 Å². The van der Waals surface area contributed by atoms with Crippen LogP contribution >= 0.6 is 0 Å². The number of hydrogen-bond donors (Lipinski definition) is 1. The van der Waals surface area contributed by atoms with E-state index in [1.807, 2.05) is 26.0 Å². The van der Waals surface area contributed by atoms with Crippen LogP contribution in [0.4, 0.5) is 5.69 Å². The van der Waals surface area contributed by atoms with Crippen molar-refractivity contribution in [3.8, 4) is 11.5 Å². The minimum Gasteiger partial charge on any atom is -0.494 e. The molecule has 1 saturated carbocycles. The van der Waals surface area contributed by atoms with Gasteiger partial charge in [0.15, 0.2) is 0 Å². The fraction of sp³-hybridized carbons (Fsp3) is 0.667. The Morgan fingerprint density at radius 3 is 2.52 bits per heavy atom. The zero-order chi connectivity index (χ0) is 15.1. The highest BCUT2D eigenvalue weighted by Gasteiger charge is 2.24. The molecule has 0 amide bonds. The molecule has 0 bridgehead atoms. The summed E-state index contributed by atoms with van der Waals surface area (Å²) in [7, 11) is 0. The third-order valence-corrected chi connectivity index (χ3v) is 4.34. The maximum absolute atomic E-state index is 5.76. The summed E-state index contributed by atoms with van der Waals surface area (Å²) in [5.74, 6) is 2.61. The van der Waals surface area contributed by atoms with Crippen molar-refractivity contribution in [3.05, 3.63) is 18.2 Å². The smallest absolute Gasteiger partial charge is 0.142 e. The van der Waals surface area contributed by atoms with Crippen molar-refractivity contribution >= 4 is 5.69 Å². The van der Waals surface area contributed by atoms with Gasteiger partial charge in [-0.3, -0.25) is 0 Å². The van der Waals surface area contributed by atoms with Crippen LogP contribution in [0.2, 0.25) is 0 Å². The second-order valence-corrected chi connectivity index (χ2v) is 5.73. The molecule has 0 spiro atoms. The Morgan fingerprint density at radius 1 is 1.05 bits per heavy atom. The summed E-state index contributed by atoms with van der Waals surface area (Å²) < 4.78 is 11.4. The zero-order valence-electron chi connectivity index (χ0n) is 13.7. The molecule has 1 N–H and O–H groups in total. The van der Waals surface area contributed by atoms with Crippen LogP contribution in [-0.2, 0) is 0 Å². The average molecular weight is 291 g/mol. The van der Waals surface area contributed by atoms with Crippen LogP contribution in [0, 0.1) is 5.92 Å². The van der Waals surface area contributed by atoms with E-state index >= 15 is 0 Å². The largest absolute Gasteiger partial charge is 0.494 e. The van der Waals surface area contributed by atoms with Gasteiger partial charge in [-0.05, 0) is 44.7 Å². The van der Waals surface area contributed by atoms with E-state index in [1.165, 1.54) is 32.1 Å². The number of rotatable bonds is 7. The highest BCUT2D eigenvalue weighted by atomic mass is 16.5.